The molecule has 3 nitrogen and oxygen atoms in total. The van der Waals surface area contributed by atoms with Gasteiger partial charge in [0.15, 0.2) is 0 Å². The van der Waals surface area contributed by atoms with E-state index in [0.29, 0.717) is 13.1 Å². The number of fused-ring (bicyclic) bond motifs is 1. The van der Waals surface area contributed by atoms with Crippen molar-refractivity contribution in [1.82, 2.24) is 5.32 Å². The molecule has 0 aliphatic heterocycles. The quantitative estimate of drug-likeness (QED) is 0.902. The van der Waals surface area contributed by atoms with Crippen molar-refractivity contribution < 1.29 is 4.79 Å². The Balaban J connectivity index is 1.61. The number of hydrogen-bond donors (Lipinski definition) is 2. The summed E-state index contributed by atoms with van der Waals surface area (Å²) in [6.07, 6.45) is 1.70. The monoisotopic (exact) mass is 280 g/mol. The van der Waals surface area contributed by atoms with Crippen LogP contribution in [0.3, 0.4) is 0 Å². The van der Waals surface area contributed by atoms with Crippen molar-refractivity contribution in [2.24, 2.45) is 11.7 Å². The van der Waals surface area contributed by atoms with Gasteiger partial charge < -0.3 is 11.1 Å². The van der Waals surface area contributed by atoms with E-state index in [9.17, 15) is 4.79 Å². The molecule has 1 amide bonds. The molecule has 0 heterocycles. The first-order valence-electron chi connectivity index (χ1n) is 7.39. The summed E-state index contributed by atoms with van der Waals surface area (Å²) in [7, 11) is 0. The topological polar surface area (TPSA) is 55.1 Å². The van der Waals surface area contributed by atoms with Crippen LogP contribution in [0.5, 0.6) is 0 Å². The lowest BCUT2D eigenvalue weighted by Crippen LogP contribution is -2.31. The van der Waals surface area contributed by atoms with Gasteiger partial charge in [-0.25, -0.2) is 0 Å². The van der Waals surface area contributed by atoms with Gasteiger partial charge in [-0.1, -0.05) is 48.5 Å². The van der Waals surface area contributed by atoms with Crippen LogP contribution in [0.1, 0.15) is 22.3 Å². The van der Waals surface area contributed by atoms with Crippen LogP contribution in [-0.4, -0.2) is 5.91 Å². The summed E-state index contributed by atoms with van der Waals surface area (Å²) < 4.78 is 0. The van der Waals surface area contributed by atoms with Gasteiger partial charge >= 0.3 is 0 Å². The third-order valence-electron chi connectivity index (χ3n) is 4.21. The Bertz CT molecular complexity index is 626. The number of nitrogens with two attached hydrogens (primary N) is 1. The molecule has 3 N–H and O–H groups in total. The number of hydrogen-bond acceptors (Lipinski definition) is 2. The average Bonchev–Trinajstić information content (AvgIpc) is 2.97. The Morgan fingerprint density at radius 1 is 1.00 bits per heavy atom. The van der Waals surface area contributed by atoms with E-state index in [2.05, 4.69) is 17.4 Å². The van der Waals surface area contributed by atoms with Crippen LogP contribution < -0.4 is 11.1 Å². The summed E-state index contributed by atoms with van der Waals surface area (Å²) in [5.74, 6) is 0.200. The molecule has 3 rings (SSSR count). The van der Waals surface area contributed by atoms with Crippen LogP contribution in [-0.2, 0) is 30.7 Å². The third-order valence-corrected chi connectivity index (χ3v) is 4.21. The van der Waals surface area contributed by atoms with E-state index in [0.717, 1.165) is 24.0 Å². The molecule has 21 heavy (non-hydrogen) atoms. The molecule has 0 aromatic heterocycles. The van der Waals surface area contributed by atoms with E-state index in [1.54, 1.807) is 0 Å². The predicted octanol–water partition coefficient (Wildman–Crippen LogP) is 2.18. The van der Waals surface area contributed by atoms with E-state index in [1.165, 1.54) is 11.1 Å². The molecule has 0 unspecified atom stereocenters. The fourth-order valence-corrected chi connectivity index (χ4v) is 3.00. The smallest absolute Gasteiger partial charge is 0.224 e. The van der Waals surface area contributed by atoms with E-state index in [4.69, 9.17) is 5.73 Å². The number of carbonyl (C=O) groups excluding carboxylic acids is 1. The molecule has 1 aliphatic carbocycles. The van der Waals surface area contributed by atoms with Gasteiger partial charge in [0.25, 0.3) is 0 Å². The Kier molecular flexibility index (Phi) is 4.02. The fourth-order valence-electron chi connectivity index (χ4n) is 3.00. The van der Waals surface area contributed by atoms with Gasteiger partial charge in [-0.2, -0.15) is 0 Å². The SMILES string of the molecule is NCc1ccccc1CNC(=O)C1Cc2ccccc2C1. The lowest BCUT2D eigenvalue weighted by atomic mass is 10.0. The second-order valence-corrected chi connectivity index (χ2v) is 5.56. The molecule has 0 fully saturated rings. The van der Waals surface area contributed by atoms with Crippen molar-refractivity contribution in [1.29, 1.82) is 0 Å². The van der Waals surface area contributed by atoms with Gasteiger partial charge in [0.2, 0.25) is 5.91 Å². The van der Waals surface area contributed by atoms with Gasteiger partial charge in [0.1, 0.15) is 0 Å². The lowest BCUT2D eigenvalue weighted by Gasteiger charge is -2.12. The first-order valence-corrected chi connectivity index (χ1v) is 7.39. The third kappa shape index (κ3) is 2.98. The largest absolute Gasteiger partial charge is 0.352 e. The zero-order chi connectivity index (χ0) is 14.7. The summed E-state index contributed by atoms with van der Waals surface area (Å²) in [4.78, 5) is 12.3. The molecule has 108 valence electrons. The number of carbonyl (C=O) groups is 1. The minimum Gasteiger partial charge on any atom is -0.352 e. The Hall–Kier alpha value is -2.13. The van der Waals surface area contributed by atoms with E-state index >= 15 is 0 Å². The summed E-state index contributed by atoms with van der Waals surface area (Å²) in [6, 6.07) is 16.3. The van der Waals surface area contributed by atoms with Gasteiger partial charge in [0, 0.05) is 19.0 Å². The van der Waals surface area contributed by atoms with Crippen molar-refractivity contribution in [2.75, 3.05) is 0 Å². The average molecular weight is 280 g/mol. The maximum Gasteiger partial charge on any atom is 0.224 e. The second kappa shape index (κ2) is 6.10. The van der Waals surface area contributed by atoms with Crippen molar-refractivity contribution in [3.63, 3.8) is 0 Å². The highest BCUT2D eigenvalue weighted by Crippen LogP contribution is 2.26. The minimum absolute atomic E-state index is 0.0624. The normalized spacial score (nSPS) is 14.0. The minimum atomic E-state index is 0.0624. The Labute approximate surface area is 125 Å². The maximum absolute atomic E-state index is 12.3. The summed E-state index contributed by atoms with van der Waals surface area (Å²) in [5.41, 5.74) is 10.5. The van der Waals surface area contributed by atoms with Crippen LogP contribution >= 0.6 is 0 Å². The number of benzene rings is 2. The maximum atomic E-state index is 12.3. The predicted molar refractivity (Wildman–Crippen MR) is 83.5 cm³/mol. The molecule has 2 aromatic carbocycles. The van der Waals surface area contributed by atoms with E-state index in [1.807, 2.05) is 36.4 Å². The molecular formula is C18H20N2O. The molecular weight excluding hydrogens is 260 g/mol. The molecule has 0 spiro atoms. The van der Waals surface area contributed by atoms with Crippen molar-refractivity contribution in [3.8, 4) is 0 Å². The fraction of sp³-hybridized carbons (Fsp3) is 0.278. The summed E-state index contributed by atoms with van der Waals surface area (Å²) >= 11 is 0. The molecule has 0 saturated heterocycles. The van der Waals surface area contributed by atoms with Gasteiger partial charge in [-0.15, -0.1) is 0 Å². The van der Waals surface area contributed by atoms with Crippen molar-refractivity contribution >= 4 is 5.91 Å². The molecule has 0 bridgehead atoms. The second-order valence-electron chi connectivity index (χ2n) is 5.56. The Morgan fingerprint density at radius 2 is 1.57 bits per heavy atom. The molecule has 0 radical (unpaired) electrons. The van der Waals surface area contributed by atoms with Gasteiger partial charge in [-0.3, -0.25) is 4.79 Å². The van der Waals surface area contributed by atoms with Crippen LogP contribution in [0.25, 0.3) is 0 Å². The molecule has 2 aromatic rings. The van der Waals surface area contributed by atoms with E-state index < -0.39 is 0 Å². The summed E-state index contributed by atoms with van der Waals surface area (Å²) in [6.45, 7) is 1.06. The van der Waals surface area contributed by atoms with Crippen LogP contribution in [0.15, 0.2) is 48.5 Å². The molecule has 0 saturated carbocycles. The first-order chi connectivity index (χ1) is 10.3. The summed E-state index contributed by atoms with van der Waals surface area (Å²) in [5, 5.41) is 3.06. The highest BCUT2D eigenvalue weighted by atomic mass is 16.1. The molecule has 0 atom stereocenters. The van der Waals surface area contributed by atoms with E-state index in [-0.39, 0.29) is 11.8 Å². The molecule has 1 aliphatic rings. The van der Waals surface area contributed by atoms with Crippen molar-refractivity contribution in [2.45, 2.75) is 25.9 Å². The van der Waals surface area contributed by atoms with Crippen molar-refractivity contribution in [3.05, 3.63) is 70.8 Å². The number of nitrogens with one attached hydrogen (secondary N) is 1. The highest BCUT2D eigenvalue weighted by Gasteiger charge is 2.26. The van der Waals surface area contributed by atoms with Crippen LogP contribution in [0.4, 0.5) is 0 Å². The lowest BCUT2D eigenvalue weighted by molar-refractivity contribution is -0.124. The Morgan fingerprint density at radius 3 is 2.19 bits per heavy atom. The van der Waals surface area contributed by atoms with Crippen LogP contribution in [0.2, 0.25) is 0 Å². The molecule has 3 heteroatoms. The zero-order valence-electron chi connectivity index (χ0n) is 12.0. The first kappa shape index (κ1) is 13.8. The van der Waals surface area contributed by atoms with Crippen LogP contribution in [0, 0.1) is 5.92 Å². The van der Waals surface area contributed by atoms with Gasteiger partial charge in [0.05, 0.1) is 0 Å². The number of amides is 1. The zero-order valence-corrected chi connectivity index (χ0v) is 12.0. The highest BCUT2D eigenvalue weighted by molar-refractivity contribution is 5.80. The number of rotatable bonds is 4. The van der Waals surface area contributed by atoms with Gasteiger partial charge in [-0.05, 0) is 35.1 Å². The standard InChI is InChI=1S/C18H20N2O/c19-11-15-7-3-4-8-16(15)12-20-18(21)17-9-13-5-1-2-6-14(13)10-17/h1-8,17H,9-12,19H2,(H,20,21).